The summed E-state index contributed by atoms with van der Waals surface area (Å²) in [5.74, 6) is 0.881. The van der Waals surface area contributed by atoms with Gasteiger partial charge in [0.1, 0.15) is 6.54 Å². The quantitative estimate of drug-likeness (QED) is 0.687. The lowest BCUT2D eigenvalue weighted by Gasteiger charge is -2.09. The van der Waals surface area contributed by atoms with E-state index in [1.54, 1.807) is 16.7 Å². The van der Waals surface area contributed by atoms with Crippen molar-refractivity contribution in [3.63, 3.8) is 0 Å². The lowest BCUT2D eigenvalue weighted by molar-refractivity contribution is -0.116. The zero-order valence-corrected chi connectivity index (χ0v) is 14.6. The van der Waals surface area contributed by atoms with Gasteiger partial charge in [-0.2, -0.15) is 5.10 Å². The van der Waals surface area contributed by atoms with Crippen molar-refractivity contribution in [1.82, 2.24) is 19.7 Å². The standard InChI is InChI=1S/C17H17N5O2S/c1-11-4-3-5-12(8-11)16-20-21-17(25)22(16)10-14(23)19-13-6-7-15(24-2)18-9-13/h3-9H,10H2,1-2H3,(H,19,23)(H,21,25). The van der Waals surface area contributed by atoms with E-state index in [2.05, 4.69) is 20.5 Å². The van der Waals surface area contributed by atoms with Gasteiger partial charge in [-0.15, -0.1) is 0 Å². The van der Waals surface area contributed by atoms with E-state index in [-0.39, 0.29) is 12.5 Å². The van der Waals surface area contributed by atoms with Gasteiger partial charge in [-0.3, -0.25) is 14.5 Å². The zero-order chi connectivity index (χ0) is 17.8. The first-order valence-corrected chi connectivity index (χ1v) is 8.00. The number of aromatic nitrogens is 4. The molecule has 0 aliphatic rings. The molecule has 1 aromatic carbocycles. The molecule has 0 saturated heterocycles. The van der Waals surface area contributed by atoms with E-state index in [0.717, 1.165) is 11.1 Å². The number of methoxy groups -OCH3 is 1. The Labute approximate surface area is 149 Å². The summed E-state index contributed by atoms with van der Waals surface area (Å²) in [5.41, 5.74) is 2.58. The Bertz CT molecular complexity index is 946. The van der Waals surface area contributed by atoms with Crippen LogP contribution in [-0.4, -0.2) is 32.8 Å². The van der Waals surface area contributed by atoms with Crippen LogP contribution in [-0.2, 0) is 11.3 Å². The van der Waals surface area contributed by atoms with Gasteiger partial charge in [-0.1, -0.05) is 23.8 Å². The van der Waals surface area contributed by atoms with Crippen molar-refractivity contribution in [2.45, 2.75) is 13.5 Å². The van der Waals surface area contributed by atoms with Gasteiger partial charge in [0.15, 0.2) is 10.6 Å². The molecule has 25 heavy (non-hydrogen) atoms. The number of ether oxygens (including phenoxy) is 1. The molecular formula is C17H17N5O2S. The van der Waals surface area contributed by atoms with Crippen molar-refractivity contribution in [1.29, 1.82) is 0 Å². The van der Waals surface area contributed by atoms with Crippen LogP contribution in [0, 0.1) is 11.7 Å². The topological polar surface area (TPSA) is 84.8 Å². The molecule has 2 N–H and O–H groups in total. The Morgan fingerprint density at radius 3 is 2.88 bits per heavy atom. The summed E-state index contributed by atoms with van der Waals surface area (Å²) in [5, 5.41) is 9.78. The summed E-state index contributed by atoms with van der Waals surface area (Å²) in [6, 6.07) is 11.3. The van der Waals surface area contributed by atoms with E-state index in [0.29, 0.717) is 22.2 Å². The second-order valence-corrected chi connectivity index (χ2v) is 5.83. The maximum atomic E-state index is 12.4. The molecule has 2 aromatic heterocycles. The lowest BCUT2D eigenvalue weighted by Crippen LogP contribution is -2.19. The van der Waals surface area contributed by atoms with Gasteiger partial charge in [0, 0.05) is 11.6 Å². The highest BCUT2D eigenvalue weighted by molar-refractivity contribution is 7.71. The smallest absolute Gasteiger partial charge is 0.244 e. The Morgan fingerprint density at radius 1 is 1.36 bits per heavy atom. The highest BCUT2D eigenvalue weighted by Gasteiger charge is 2.13. The van der Waals surface area contributed by atoms with Crippen LogP contribution in [0.25, 0.3) is 11.4 Å². The third-order valence-electron chi connectivity index (χ3n) is 3.57. The maximum absolute atomic E-state index is 12.4. The van der Waals surface area contributed by atoms with Crippen molar-refractivity contribution in [3.05, 3.63) is 52.9 Å². The summed E-state index contributed by atoms with van der Waals surface area (Å²) in [4.78, 5) is 16.4. The van der Waals surface area contributed by atoms with Crippen LogP contribution in [0.2, 0.25) is 0 Å². The molecule has 3 rings (SSSR count). The van der Waals surface area contributed by atoms with Gasteiger partial charge in [-0.05, 0) is 31.3 Å². The van der Waals surface area contributed by atoms with Crippen molar-refractivity contribution in [2.75, 3.05) is 12.4 Å². The highest BCUT2D eigenvalue weighted by Crippen LogP contribution is 2.19. The Kier molecular flexibility index (Phi) is 4.90. The molecule has 2 heterocycles. The van der Waals surface area contributed by atoms with Gasteiger partial charge >= 0.3 is 0 Å². The maximum Gasteiger partial charge on any atom is 0.244 e. The van der Waals surface area contributed by atoms with Crippen molar-refractivity contribution < 1.29 is 9.53 Å². The predicted octanol–water partition coefficient (Wildman–Crippen LogP) is 2.96. The van der Waals surface area contributed by atoms with E-state index >= 15 is 0 Å². The Morgan fingerprint density at radius 2 is 2.20 bits per heavy atom. The third-order valence-corrected chi connectivity index (χ3v) is 3.88. The summed E-state index contributed by atoms with van der Waals surface area (Å²) >= 11 is 5.26. The second-order valence-electron chi connectivity index (χ2n) is 5.45. The van der Waals surface area contributed by atoms with E-state index in [4.69, 9.17) is 17.0 Å². The lowest BCUT2D eigenvalue weighted by atomic mass is 10.1. The number of aromatic amines is 1. The Hall–Kier alpha value is -3.00. The first kappa shape index (κ1) is 16.8. The average molecular weight is 355 g/mol. The SMILES string of the molecule is COc1ccc(NC(=O)Cn2c(-c3cccc(C)c3)n[nH]c2=S)cn1. The summed E-state index contributed by atoms with van der Waals surface area (Å²) in [6.07, 6.45) is 1.53. The number of H-pyrrole nitrogens is 1. The first-order chi connectivity index (χ1) is 12.1. The minimum Gasteiger partial charge on any atom is -0.481 e. The van der Waals surface area contributed by atoms with Gasteiger partial charge < -0.3 is 10.1 Å². The van der Waals surface area contributed by atoms with E-state index < -0.39 is 0 Å². The molecule has 0 bridgehead atoms. The van der Waals surface area contributed by atoms with Crippen LogP contribution in [0.3, 0.4) is 0 Å². The van der Waals surface area contributed by atoms with E-state index in [9.17, 15) is 4.79 Å². The molecular weight excluding hydrogens is 338 g/mol. The summed E-state index contributed by atoms with van der Waals surface area (Å²) < 4.78 is 7.05. The number of anilines is 1. The number of rotatable bonds is 5. The molecule has 0 aliphatic heterocycles. The molecule has 0 atom stereocenters. The van der Waals surface area contributed by atoms with Crippen LogP contribution in [0.15, 0.2) is 42.6 Å². The number of amides is 1. The average Bonchev–Trinajstić information content (AvgIpc) is 2.96. The second kappa shape index (κ2) is 7.27. The van der Waals surface area contributed by atoms with Crippen LogP contribution in [0.5, 0.6) is 5.88 Å². The molecule has 0 radical (unpaired) electrons. The number of hydrogen-bond donors (Lipinski definition) is 2. The fourth-order valence-corrected chi connectivity index (χ4v) is 2.58. The molecule has 3 aromatic rings. The molecule has 8 heteroatoms. The minimum absolute atomic E-state index is 0.0463. The fourth-order valence-electron chi connectivity index (χ4n) is 2.39. The molecule has 0 fully saturated rings. The predicted molar refractivity (Wildman–Crippen MR) is 97.0 cm³/mol. The number of carbonyl (C=O) groups excluding carboxylic acids is 1. The Balaban J connectivity index is 1.79. The van der Waals surface area contributed by atoms with Gasteiger partial charge in [-0.25, -0.2) is 4.98 Å². The molecule has 128 valence electrons. The molecule has 0 unspecified atom stereocenters. The number of aryl methyl sites for hydroxylation is 1. The van der Waals surface area contributed by atoms with Gasteiger partial charge in [0.25, 0.3) is 0 Å². The first-order valence-electron chi connectivity index (χ1n) is 7.59. The normalized spacial score (nSPS) is 10.5. The summed E-state index contributed by atoms with van der Waals surface area (Å²) in [6.45, 7) is 2.04. The number of benzene rings is 1. The van der Waals surface area contributed by atoms with Crippen LogP contribution >= 0.6 is 12.2 Å². The molecule has 0 saturated carbocycles. The number of pyridine rings is 1. The third kappa shape index (κ3) is 3.92. The van der Waals surface area contributed by atoms with E-state index in [1.165, 1.54) is 13.3 Å². The van der Waals surface area contributed by atoms with Crippen molar-refractivity contribution in [2.24, 2.45) is 0 Å². The van der Waals surface area contributed by atoms with Crippen LogP contribution in [0.1, 0.15) is 5.56 Å². The van der Waals surface area contributed by atoms with E-state index in [1.807, 2.05) is 31.2 Å². The molecule has 0 aliphatic carbocycles. The monoisotopic (exact) mass is 355 g/mol. The number of carbonyl (C=O) groups is 1. The number of nitrogens with zero attached hydrogens (tertiary/aromatic N) is 3. The largest absolute Gasteiger partial charge is 0.481 e. The zero-order valence-electron chi connectivity index (χ0n) is 13.8. The van der Waals surface area contributed by atoms with Gasteiger partial charge in [0.05, 0.1) is 19.0 Å². The minimum atomic E-state index is -0.224. The number of nitrogens with one attached hydrogen (secondary N) is 2. The van der Waals surface area contributed by atoms with Crippen LogP contribution in [0.4, 0.5) is 5.69 Å². The highest BCUT2D eigenvalue weighted by atomic mass is 32.1. The molecule has 1 amide bonds. The summed E-state index contributed by atoms with van der Waals surface area (Å²) in [7, 11) is 1.54. The van der Waals surface area contributed by atoms with Crippen LogP contribution < -0.4 is 10.1 Å². The molecule has 0 spiro atoms. The van der Waals surface area contributed by atoms with Crippen molar-refractivity contribution >= 4 is 23.8 Å². The van der Waals surface area contributed by atoms with Gasteiger partial charge in [0.2, 0.25) is 11.8 Å². The van der Waals surface area contributed by atoms with Crippen molar-refractivity contribution in [3.8, 4) is 17.3 Å². The molecule has 7 nitrogen and oxygen atoms in total. The number of hydrogen-bond acceptors (Lipinski definition) is 5. The fraction of sp³-hybridized carbons (Fsp3) is 0.176.